The van der Waals surface area contributed by atoms with E-state index in [2.05, 4.69) is 30.7 Å². The minimum Gasteiger partial charge on any atom is -0.240 e. The molecule has 72 valence electrons. The molecule has 0 spiro atoms. The number of rotatable bonds is 1. The lowest BCUT2D eigenvalue weighted by atomic mass is 9.92. The minimum atomic E-state index is -0.123. The van der Waals surface area contributed by atoms with E-state index < -0.39 is 0 Å². The maximum Gasteiger partial charge on any atom is 0.146 e. The highest BCUT2D eigenvalue weighted by Crippen LogP contribution is 2.22. The van der Waals surface area contributed by atoms with Gasteiger partial charge in [0.2, 0.25) is 0 Å². The SMILES string of the molecule is CC(Cl)c1nccc(C(C)(C)C)n1. The van der Waals surface area contributed by atoms with Gasteiger partial charge >= 0.3 is 0 Å². The molecule has 1 rings (SSSR count). The lowest BCUT2D eigenvalue weighted by Gasteiger charge is -2.18. The van der Waals surface area contributed by atoms with E-state index in [1.165, 1.54) is 0 Å². The summed E-state index contributed by atoms with van der Waals surface area (Å²) in [5, 5.41) is -0.123. The van der Waals surface area contributed by atoms with Gasteiger partial charge < -0.3 is 0 Å². The summed E-state index contributed by atoms with van der Waals surface area (Å²) < 4.78 is 0. The number of alkyl halides is 1. The van der Waals surface area contributed by atoms with Crippen LogP contribution in [-0.4, -0.2) is 9.97 Å². The Bertz CT molecular complexity index is 289. The molecule has 0 aromatic carbocycles. The highest BCUT2D eigenvalue weighted by Gasteiger charge is 2.16. The molecule has 0 saturated carbocycles. The molecule has 0 saturated heterocycles. The molecule has 0 radical (unpaired) electrons. The normalized spacial score (nSPS) is 14.2. The molecule has 0 amide bonds. The van der Waals surface area contributed by atoms with E-state index in [1.54, 1.807) is 6.20 Å². The predicted octanol–water partition coefficient (Wildman–Crippen LogP) is 3.07. The Balaban J connectivity index is 3.06. The molecule has 13 heavy (non-hydrogen) atoms. The van der Waals surface area contributed by atoms with E-state index in [4.69, 9.17) is 11.6 Å². The second-order valence-electron chi connectivity index (χ2n) is 4.17. The van der Waals surface area contributed by atoms with Crippen LogP contribution < -0.4 is 0 Å². The van der Waals surface area contributed by atoms with Gasteiger partial charge in [-0.1, -0.05) is 20.8 Å². The van der Waals surface area contributed by atoms with E-state index in [0.29, 0.717) is 5.82 Å². The largest absolute Gasteiger partial charge is 0.240 e. The van der Waals surface area contributed by atoms with E-state index in [-0.39, 0.29) is 10.8 Å². The molecule has 0 bridgehead atoms. The molecule has 1 atom stereocenters. The average molecular weight is 199 g/mol. The highest BCUT2D eigenvalue weighted by atomic mass is 35.5. The third-order valence-corrected chi connectivity index (χ3v) is 1.99. The summed E-state index contributed by atoms with van der Waals surface area (Å²) in [7, 11) is 0. The van der Waals surface area contributed by atoms with Crippen LogP contribution in [0.15, 0.2) is 12.3 Å². The second kappa shape index (κ2) is 3.62. The molecule has 1 aromatic rings. The monoisotopic (exact) mass is 198 g/mol. The van der Waals surface area contributed by atoms with Gasteiger partial charge in [0.1, 0.15) is 5.82 Å². The Hall–Kier alpha value is -0.630. The topological polar surface area (TPSA) is 25.8 Å². The van der Waals surface area contributed by atoms with Crippen molar-refractivity contribution in [3.8, 4) is 0 Å². The van der Waals surface area contributed by atoms with E-state index in [0.717, 1.165) is 5.69 Å². The molecule has 1 aromatic heterocycles. The van der Waals surface area contributed by atoms with Crippen molar-refractivity contribution < 1.29 is 0 Å². The fourth-order valence-electron chi connectivity index (χ4n) is 0.983. The Morgan fingerprint density at radius 1 is 1.38 bits per heavy atom. The van der Waals surface area contributed by atoms with Crippen molar-refractivity contribution in [2.45, 2.75) is 38.5 Å². The van der Waals surface area contributed by atoms with Gasteiger partial charge in [-0.15, -0.1) is 11.6 Å². The first-order valence-corrected chi connectivity index (χ1v) is 4.82. The van der Waals surface area contributed by atoms with E-state index in [9.17, 15) is 0 Å². The van der Waals surface area contributed by atoms with Crippen molar-refractivity contribution in [2.24, 2.45) is 0 Å². The quantitative estimate of drug-likeness (QED) is 0.649. The molecule has 1 heterocycles. The van der Waals surface area contributed by atoms with Crippen LogP contribution in [0.3, 0.4) is 0 Å². The number of halogens is 1. The number of hydrogen-bond acceptors (Lipinski definition) is 2. The molecule has 0 aliphatic rings. The third-order valence-electron chi connectivity index (χ3n) is 1.80. The highest BCUT2D eigenvalue weighted by molar-refractivity contribution is 6.20. The van der Waals surface area contributed by atoms with Gasteiger partial charge in [-0.25, -0.2) is 9.97 Å². The van der Waals surface area contributed by atoms with Crippen molar-refractivity contribution in [3.05, 3.63) is 23.8 Å². The summed E-state index contributed by atoms with van der Waals surface area (Å²) in [6.45, 7) is 8.25. The third kappa shape index (κ3) is 2.66. The van der Waals surface area contributed by atoms with Crippen LogP contribution >= 0.6 is 11.6 Å². The smallest absolute Gasteiger partial charge is 0.146 e. The van der Waals surface area contributed by atoms with Gasteiger partial charge in [-0.3, -0.25) is 0 Å². The van der Waals surface area contributed by atoms with Crippen LogP contribution in [-0.2, 0) is 5.41 Å². The minimum absolute atomic E-state index is 0.0590. The zero-order valence-corrected chi connectivity index (χ0v) is 9.26. The molecule has 0 aliphatic heterocycles. The first-order valence-electron chi connectivity index (χ1n) is 4.39. The van der Waals surface area contributed by atoms with Crippen LogP contribution in [0.5, 0.6) is 0 Å². The second-order valence-corrected chi connectivity index (χ2v) is 4.82. The Morgan fingerprint density at radius 3 is 2.46 bits per heavy atom. The maximum absolute atomic E-state index is 5.90. The fraction of sp³-hybridized carbons (Fsp3) is 0.600. The number of nitrogens with zero attached hydrogens (tertiary/aromatic N) is 2. The zero-order chi connectivity index (χ0) is 10.1. The van der Waals surface area contributed by atoms with Gasteiger partial charge in [0.15, 0.2) is 0 Å². The molecular weight excluding hydrogens is 184 g/mol. The summed E-state index contributed by atoms with van der Waals surface area (Å²) in [6, 6.07) is 1.93. The zero-order valence-electron chi connectivity index (χ0n) is 8.50. The summed E-state index contributed by atoms with van der Waals surface area (Å²) in [5.74, 6) is 0.703. The molecule has 0 fully saturated rings. The van der Waals surface area contributed by atoms with Crippen LogP contribution in [0, 0.1) is 0 Å². The first kappa shape index (κ1) is 10.5. The van der Waals surface area contributed by atoms with Crippen molar-refractivity contribution in [1.82, 2.24) is 9.97 Å². The van der Waals surface area contributed by atoms with Gasteiger partial charge in [0, 0.05) is 17.3 Å². The van der Waals surface area contributed by atoms with Crippen molar-refractivity contribution in [1.29, 1.82) is 0 Å². The molecule has 0 N–H and O–H groups in total. The molecule has 1 unspecified atom stereocenters. The summed E-state index contributed by atoms with van der Waals surface area (Å²) in [6.07, 6.45) is 1.77. The summed E-state index contributed by atoms with van der Waals surface area (Å²) >= 11 is 5.90. The van der Waals surface area contributed by atoms with E-state index in [1.807, 2.05) is 13.0 Å². The Morgan fingerprint density at radius 2 is 2.00 bits per heavy atom. The summed E-state index contributed by atoms with van der Waals surface area (Å²) in [4.78, 5) is 8.51. The first-order chi connectivity index (χ1) is 5.91. The molecular formula is C10H15ClN2. The van der Waals surface area contributed by atoms with Gasteiger partial charge in [0.25, 0.3) is 0 Å². The molecule has 0 aliphatic carbocycles. The summed E-state index contributed by atoms with van der Waals surface area (Å²) in [5.41, 5.74) is 1.09. The Labute approximate surface area is 84.4 Å². The lowest BCUT2D eigenvalue weighted by Crippen LogP contribution is -2.15. The van der Waals surface area contributed by atoms with Gasteiger partial charge in [-0.05, 0) is 13.0 Å². The van der Waals surface area contributed by atoms with Crippen molar-refractivity contribution in [2.75, 3.05) is 0 Å². The van der Waals surface area contributed by atoms with Crippen LogP contribution in [0.4, 0.5) is 0 Å². The van der Waals surface area contributed by atoms with Crippen molar-refractivity contribution >= 4 is 11.6 Å². The number of hydrogen-bond donors (Lipinski definition) is 0. The van der Waals surface area contributed by atoms with Gasteiger partial charge in [0.05, 0.1) is 5.38 Å². The van der Waals surface area contributed by atoms with Gasteiger partial charge in [-0.2, -0.15) is 0 Å². The van der Waals surface area contributed by atoms with Crippen LogP contribution in [0.1, 0.15) is 44.6 Å². The average Bonchev–Trinajstić information content (AvgIpc) is 2.03. The fourth-order valence-corrected chi connectivity index (χ4v) is 1.09. The predicted molar refractivity (Wildman–Crippen MR) is 55.0 cm³/mol. The van der Waals surface area contributed by atoms with Crippen molar-refractivity contribution in [3.63, 3.8) is 0 Å². The maximum atomic E-state index is 5.90. The number of aromatic nitrogens is 2. The standard InChI is InChI=1S/C10H15ClN2/c1-7(11)9-12-6-5-8(13-9)10(2,3)4/h5-7H,1-4H3. The molecule has 3 heteroatoms. The molecule has 2 nitrogen and oxygen atoms in total. The van der Waals surface area contributed by atoms with Crippen LogP contribution in [0.2, 0.25) is 0 Å². The lowest BCUT2D eigenvalue weighted by molar-refractivity contribution is 0.562. The Kier molecular flexibility index (Phi) is 2.91. The van der Waals surface area contributed by atoms with Crippen LogP contribution in [0.25, 0.3) is 0 Å². The van der Waals surface area contributed by atoms with E-state index >= 15 is 0 Å².